The number of ether oxygens (including phenoxy) is 1. The Balaban J connectivity index is 2.54. The summed E-state index contributed by atoms with van der Waals surface area (Å²) in [4.78, 5) is 15.6. The zero-order chi connectivity index (χ0) is 12.1. The van der Waals surface area contributed by atoms with E-state index < -0.39 is 0 Å². The van der Waals surface area contributed by atoms with Crippen LogP contribution in [0.3, 0.4) is 0 Å². The summed E-state index contributed by atoms with van der Waals surface area (Å²) in [5, 5.41) is 3.80. The van der Waals surface area contributed by atoms with Crippen LogP contribution in [0, 0.1) is 5.92 Å². The molecule has 0 saturated heterocycles. The molecule has 5 heteroatoms. The second-order valence-electron chi connectivity index (χ2n) is 4.15. The summed E-state index contributed by atoms with van der Waals surface area (Å²) >= 11 is 0. The lowest BCUT2D eigenvalue weighted by Gasteiger charge is -2.04. The molecule has 1 rings (SSSR count). The van der Waals surface area contributed by atoms with Crippen LogP contribution in [0.1, 0.15) is 32.5 Å². The zero-order valence-corrected chi connectivity index (χ0v) is 10.2. The van der Waals surface area contributed by atoms with Crippen molar-refractivity contribution >= 4 is 5.78 Å². The van der Waals surface area contributed by atoms with Gasteiger partial charge in [0.1, 0.15) is 5.78 Å². The number of Topliss-reactive ketones (excluding diaryl/α,β-unsaturated/α-hetero) is 1. The quantitative estimate of drug-likeness (QED) is 0.733. The van der Waals surface area contributed by atoms with Crippen LogP contribution in [0.4, 0.5) is 0 Å². The van der Waals surface area contributed by atoms with Gasteiger partial charge >= 0.3 is 0 Å². The molecule has 0 saturated carbocycles. The Bertz CT molecular complexity index is 347. The summed E-state index contributed by atoms with van der Waals surface area (Å²) in [5.41, 5.74) is 0. The monoisotopic (exact) mass is 226 g/mol. The fourth-order valence-electron chi connectivity index (χ4n) is 1.14. The summed E-state index contributed by atoms with van der Waals surface area (Å²) in [6, 6.07) is 0. The molecule has 1 aromatic rings. The summed E-state index contributed by atoms with van der Waals surface area (Å²) in [5.74, 6) is 1.07. The topological polar surface area (TPSA) is 65.2 Å². The molecular weight excluding hydrogens is 208 g/mol. The van der Waals surface area contributed by atoms with E-state index >= 15 is 0 Å². The van der Waals surface area contributed by atoms with Gasteiger partial charge in [-0.25, -0.2) is 0 Å². The van der Waals surface area contributed by atoms with Crippen LogP contribution in [-0.2, 0) is 22.4 Å². The highest BCUT2D eigenvalue weighted by atomic mass is 16.5. The van der Waals surface area contributed by atoms with E-state index in [0.717, 1.165) is 0 Å². The molecule has 1 heterocycles. The minimum absolute atomic E-state index is 0.00625. The number of hydrogen-bond acceptors (Lipinski definition) is 5. The second kappa shape index (κ2) is 5.75. The van der Waals surface area contributed by atoms with Gasteiger partial charge in [-0.3, -0.25) is 4.79 Å². The van der Waals surface area contributed by atoms with Crippen molar-refractivity contribution < 1.29 is 14.1 Å². The average molecular weight is 226 g/mol. The van der Waals surface area contributed by atoms with E-state index in [1.807, 2.05) is 20.8 Å². The standard InChI is InChI=1S/C11H18N2O3/c1-7(2)9(14)6-11-12-10(13-16-11)5-8(3)15-4/h7-8H,5-6H2,1-4H3. The first kappa shape index (κ1) is 12.8. The normalized spacial score (nSPS) is 13.1. The Morgan fingerprint density at radius 1 is 1.44 bits per heavy atom. The molecule has 0 amide bonds. The Labute approximate surface area is 95.2 Å². The molecule has 1 atom stereocenters. The third-order valence-corrected chi connectivity index (χ3v) is 2.35. The number of rotatable bonds is 6. The molecule has 0 aliphatic rings. The van der Waals surface area contributed by atoms with Gasteiger partial charge < -0.3 is 9.26 Å². The molecule has 0 N–H and O–H groups in total. The molecule has 0 radical (unpaired) electrons. The Morgan fingerprint density at radius 3 is 2.69 bits per heavy atom. The number of nitrogens with zero attached hydrogens (tertiary/aromatic N) is 2. The third-order valence-electron chi connectivity index (χ3n) is 2.35. The lowest BCUT2D eigenvalue weighted by molar-refractivity contribution is -0.121. The van der Waals surface area contributed by atoms with Crippen LogP contribution in [0.2, 0.25) is 0 Å². The highest BCUT2D eigenvalue weighted by molar-refractivity contribution is 5.81. The highest BCUT2D eigenvalue weighted by Crippen LogP contribution is 2.06. The number of methoxy groups -OCH3 is 1. The SMILES string of the molecule is COC(C)Cc1noc(CC(=O)C(C)C)n1. The maximum absolute atomic E-state index is 11.4. The Hall–Kier alpha value is -1.23. The number of ketones is 1. The van der Waals surface area contributed by atoms with E-state index in [1.54, 1.807) is 7.11 Å². The lowest BCUT2D eigenvalue weighted by atomic mass is 10.1. The van der Waals surface area contributed by atoms with Crippen LogP contribution >= 0.6 is 0 Å². The molecule has 1 unspecified atom stereocenters. The first-order valence-electron chi connectivity index (χ1n) is 5.40. The molecule has 0 aliphatic heterocycles. The third kappa shape index (κ3) is 3.73. The predicted molar refractivity (Wildman–Crippen MR) is 58.0 cm³/mol. The van der Waals surface area contributed by atoms with Crippen molar-refractivity contribution in [3.05, 3.63) is 11.7 Å². The van der Waals surface area contributed by atoms with E-state index in [-0.39, 0.29) is 24.2 Å². The summed E-state index contributed by atoms with van der Waals surface area (Å²) in [6.45, 7) is 5.63. The van der Waals surface area contributed by atoms with Crippen LogP contribution in [0.5, 0.6) is 0 Å². The van der Waals surface area contributed by atoms with Gasteiger partial charge in [-0.2, -0.15) is 4.98 Å². The van der Waals surface area contributed by atoms with Gasteiger partial charge in [0, 0.05) is 19.4 Å². The van der Waals surface area contributed by atoms with Gasteiger partial charge in [0.25, 0.3) is 0 Å². The molecule has 5 nitrogen and oxygen atoms in total. The van der Waals surface area contributed by atoms with E-state index in [9.17, 15) is 4.79 Å². The van der Waals surface area contributed by atoms with Crippen molar-refractivity contribution in [3.8, 4) is 0 Å². The fourth-order valence-corrected chi connectivity index (χ4v) is 1.14. The van der Waals surface area contributed by atoms with Crippen molar-refractivity contribution in [2.75, 3.05) is 7.11 Å². The van der Waals surface area contributed by atoms with Gasteiger partial charge in [0.15, 0.2) is 5.82 Å². The van der Waals surface area contributed by atoms with Crippen LogP contribution < -0.4 is 0 Å². The van der Waals surface area contributed by atoms with Crippen LogP contribution in [0.15, 0.2) is 4.52 Å². The van der Waals surface area contributed by atoms with Crippen molar-refractivity contribution in [2.24, 2.45) is 5.92 Å². The van der Waals surface area contributed by atoms with E-state index in [2.05, 4.69) is 10.1 Å². The van der Waals surface area contributed by atoms with E-state index in [0.29, 0.717) is 18.1 Å². The maximum Gasteiger partial charge on any atom is 0.234 e. The van der Waals surface area contributed by atoms with E-state index in [1.165, 1.54) is 0 Å². The summed E-state index contributed by atoms with van der Waals surface area (Å²) in [6.07, 6.45) is 0.855. The van der Waals surface area contributed by atoms with Gasteiger partial charge in [-0.1, -0.05) is 19.0 Å². The van der Waals surface area contributed by atoms with Gasteiger partial charge in [0.05, 0.1) is 12.5 Å². The summed E-state index contributed by atoms with van der Waals surface area (Å²) in [7, 11) is 1.63. The van der Waals surface area contributed by atoms with Gasteiger partial charge in [-0.05, 0) is 6.92 Å². The first-order chi connectivity index (χ1) is 7.52. The van der Waals surface area contributed by atoms with Crippen LogP contribution in [-0.4, -0.2) is 29.1 Å². The maximum atomic E-state index is 11.4. The fraction of sp³-hybridized carbons (Fsp3) is 0.727. The molecule has 0 aliphatic carbocycles. The number of carbonyl (C=O) groups excluding carboxylic acids is 1. The molecule has 0 aromatic carbocycles. The van der Waals surface area contributed by atoms with Gasteiger partial charge in [-0.15, -0.1) is 0 Å². The average Bonchev–Trinajstić information content (AvgIpc) is 2.65. The molecule has 1 aromatic heterocycles. The first-order valence-corrected chi connectivity index (χ1v) is 5.40. The van der Waals surface area contributed by atoms with Crippen molar-refractivity contribution in [2.45, 2.75) is 39.7 Å². The van der Waals surface area contributed by atoms with Crippen molar-refractivity contribution in [3.63, 3.8) is 0 Å². The minimum Gasteiger partial charge on any atom is -0.381 e. The highest BCUT2D eigenvalue weighted by Gasteiger charge is 2.15. The van der Waals surface area contributed by atoms with Gasteiger partial charge in [0.2, 0.25) is 5.89 Å². The molecule has 16 heavy (non-hydrogen) atoms. The smallest absolute Gasteiger partial charge is 0.234 e. The number of carbonyl (C=O) groups is 1. The second-order valence-corrected chi connectivity index (χ2v) is 4.15. The minimum atomic E-state index is -0.00625. The molecule has 0 bridgehead atoms. The van der Waals surface area contributed by atoms with Crippen molar-refractivity contribution in [1.82, 2.24) is 10.1 Å². The van der Waals surface area contributed by atoms with Crippen molar-refractivity contribution in [1.29, 1.82) is 0 Å². The Kier molecular flexibility index (Phi) is 4.61. The lowest BCUT2D eigenvalue weighted by Crippen LogP contribution is -2.11. The number of aromatic nitrogens is 2. The molecular formula is C11H18N2O3. The predicted octanol–water partition coefficient (Wildman–Crippen LogP) is 1.41. The molecule has 90 valence electrons. The number of hydrogen-bond donors (Lipinski definition) is 0. The molecule has 0 fully saturated rings. The zero-order valence-electron chi connectivity index (χ0n) is 10.2. The Morgan fingerprint density at radius 2 is 2.12 bits per heavy atom. The van der Waals surface area contributed by atoms with Crippen LogP contribution in [0.25, 0.3) is 0 Å². The molecule has 0 spiro atoms. The summed E-state index contributed by atoms with van der Waals surface area (Å²) < 4.78 is 10.1. The van der Waals surface area contributed by atoms with E-state index in [4.69, 9.17) is 9.26 Å². The largest absolute Gasteiger partial charge is 0.381 e.